The van der Waals surface area contributed by atoms with E-state index in [1.165, 1.54) is 75.8 Å². The van der Waals surface area contributed by atoms with Crippen molar-refractivity contribution in [3.05, 3.63) is 231 Å². The number of rotatable bonds is 8. The first-order chi connectivity index (χ1) is 30.2. The van der Waals surface area contributed by atoms with Crippen molar-refractivity contribution < 1.29 is 0 Å². The molecule has 286 valence electrons. The number of benzene rings is 9. The van der Waals surface area contributed by atoms with E-state index in [0.29, 0.717) is 0 Å². The Morgan fingerprint density at radius 3 is 1.28 bits per heavy atom. The third kappa shape index (κ3) is 7.22. The summed E-state index contributed by atoms with van der Waals surface area (Å²) < 4.78 is 2.57. The van der Waals surface area contributed by atoms with Gasteiger partial charge in [-0.3, -0.25) is 0 Å². The molecule has 0 unspecified atom stereocenters. The Labute approximate surface area is 359 Å². The van der Waals surface area contributed by atoms with Crippen molar-refractivity contribution in [2.45, 2.75) is 0 Å². The average molecular weight is 795 g/mol. The zero-order valence-electron chi connectivity index (χ0n) is 33.2. The van der Waals surface area contributed by atoms with Gasteiger partial charge in [0.15, 0.2) is 0 Å². The van der Waals surface area contributed by atoms with E-state index in [0.717, 1.165) is 33.6 Å². The number of hydrogen-bond acceptors (Lipinski definition) is 3. The molecule has 61 heavy (non-hydrogen) atoms. The van der Waals surface area contributed by atoms with Gasteiger partial charge in [0, 0.05) is 36.9 Å². The Morgan fingerprint density at radius 1 is 0.262 bits per heavy atom. The predicted molar refractivity (Wildman–Crippen MR) is 258 cm³/mol. The smallest absolute Gasteiger partial charge is 0.116 e. The summed E-state index contributed by atoms with van der Waals surface area (Å²) in [4.78, 5) is 9.26. The molecule has 0 bridgehead atoms. The van der Waals surface area contributed by atoms with Gasteiger partial charge in [0.2, 0.25) is 0 Å². The maximum Gasteiger partial charge on any atom is 0.116 e. The third-order valence-electron chi connectivity index (χ3n) is 11.6. The van der Waals surface area contributed by atoms with Crippen LogP contribution in [0.2, 0.25) is 0 Å². The first-order valence-electron chi connectivity index (χ1n) is 20.6. The first-order valence-corrected chi connectivity index (χ1v) is 21.4. The van der Waals surface area contributed by atoms with Crippen LogP contribution in [0.15, 0.2) is 231 Å². The summed E-state index contributed by atoms with van der Waals surface area (Å²) in [6, 6.07) is 80.9. The highest BCUT2D eigenvalue weighted by Gasteiger charge is 2.16. The van der Waals surface area contributed by atoms with Gasteiger partial charge >= 0.3 is 0 Å². The number of thiophene rings is 1. The minimum absolute atomic E-state index is 0.899. The highest BCUT2D eigenvalue weighted by atomic mass is 32.1. The highest BCUT2D eigenvalue weighted by Crippen LogP contribution is 2.45. The van der Waals surface area contributed by atoms with Crippen molar-refractivity contribution in [3.63, 3.8) is 0 Å². The normalized spacial score (nSPS) is 11.3. The summed E-state index contributed by atoms with van der Waals surface area (Å²) in [6.45, 7) is 0. The van der Waals surface area contributed by atoms with E-state index >= 15 is 0 Å². The minimum Gasteiger partial charge on any atom is -0.236 e. The molecule has 0 saturated heterocycles. The van der Waals surface area contributed by atoms with Gasteiger partial charge < -0.3 is 0 Å². The lowest BCUT2D eigenvalue weighted by molar-refractivity contribution is 1.18. The van der Waals surface area contributed by atoms with Gasteiger partial charge in [0.25, 0.3) is 0 Å². The molecule has 0 spiro atoms. The molecular weight excluding hydrogens is 757 g/mol. The fourth-order valence-electron chi connectivity index (χ4n) is 8.42. The molecule has 9 aromatic carbocycles. The van der Waals surface area contributed by atoms with Gasteiger partial charge in [-0.05, 0) is 104 Å². The number of hydrogen-bond donors (Lipinski definition) is 0. The second kappa shape index (κ2) is 15.8. The van der Waals surface area contributed by atoms with Crippen molar-refractivity contribution in [3.8, 4) is 89.3 Å². The SMILES string of the molecule is c1ccc(-c2ccc(-c3ccc4sc5c(-c6cccc(-c7cccc(-c8cc(-c9ccccc9)ncn8)c7)c6)cc(-c6ccc(-c7ccccc7)cc6)cc5c4c3)cc2)cc1. The Bertz CT molecular complexity index is 3320. The lowest BCUT2D eigenvalue weighted by Gasteiger charge is -2.12. The van der Waals surface area contributed by atoms with Crippen molar-refractivity contribution in [2.24, 2.45) is 0 Å². The Kier molecular flexibility index (Phi) is 9.42. The molecular formula is C58H38N2S. The summed E-state index contributed by atoms with van der Waals surface area (Å²) in [5.74, 6) is 0. The zero-order valence-corrected chi connectivity index (χ0v) is 34.1. The van der Waals surface area contributed by atoms with Crippen molar-refractivity contribution in [1.82, 2.24) is 9.97 Å². The molecule has 3 heteroatoms. The molecule has 0 radical (unpaired) electrons. The van der Waals surface area contributed by atoms with Gasteiger partial charge in [-0.15, -0.1) is 11.3 Å². The molecule has 2 nitrogen and oxygen atoms in total. The summed E-state index contributed by atoms with van der Waals surface area (Å²) in [7, 11) is 0. The average Bonchev–Trinajstić information content (AvgIpc) is 3.73. The molecule has 0 N–H and O–H groups in total. The van der Waals surface area contributed by atoms with Crippen LogP contribution in [0.3, 0.4) is 0 Å². The molecule has 2 aromatic heterocycles. The standard InChI is InChI=1S/C58H38N2S/c1-4-12-39(13-5-1)41-22-26-43(27-23-41)48-30-31-57-53(34-48)54-36-51(44-28-24-42(25-29-44)40-14-6-2-7-15-40)35-52(58(54)61-57)49-20-10-18-46(32-49)47-19-11-21-50(33-47)56-37-55(59-38-60-56)45-16-8-3-9-17-45/h1-38H. The zero-order chi connectivity index (χ0) is 40.5. The summed E-state index contributed by atoms with van der Waals surface area (Å²) in [5, 5.41) is 2.55. The Balaban J connectivity index is 1.02. The maximum absolute atomic E-state index is 4.68. The second-order valence-corrected chi connectivity index (χ2v) is 16.5. The first kappa shape index (κ1) is 36.4. The summed E-state index contributed by atoms with van der Waals surface area (Å²) >= 11 is 1.88. The van der Waals surface area contributed by atoms with Gasteiger partial charge in [-0.2, -0.15) is 0 Å². The topological polar surface area (TPSA) is 25.8 Å². The van der Waals surface area contributed by atoms with Crippen LogP contribution >= 0.6 is 11.3 Å². The van der Waals surface area contributed by atoms with Crippen LogP contribution in [0.4, 0.5) is 0 Å². The number of fused-ring (bicyclic) bond motifs is 3. The van der Waals surface area contributed by atoms with Crippen molar-refractivity contribution in [1.29, 1.82) is 0 Å². The van der Waals surface area contributed by atoms with Gasteiger partial charge in [0.05, 0.1) is 11.4 Å². The van der Waals surface area contributed by atoms with Crippen molar-refractivity contribution >= 4 is 31.5 Å². The van der Waals surface area contributed by atoms with Crippen LogP contribution in [0.5, 0.6) is 0 Å². The lowest BCUT2D eigenvalue weighted by Crippen LogP contribution is -1.90. The van der Waals surface area contributed by atoms with Crippen LogP contribution < -0.4 is 0 Å². The summed E-state index contributed by atoms with van der Waals surface area (Å²) in [5.41, 5.74) is 18.4. The minimum atomic E-state index is 0.899. The van der Waals surface area contributed by atoms with E-state index in [-0.39, 0.29) is 0 Å². The Hall–Kier alpha value is -7.72. The van der Waals surface area contributed by atoms with Crippen LogP contribution in [0.25, 0.3) is 109 Å². The van der Waals surface area contributed by atoms with E-state index in [2.05, 4.69) is 216 Å². The fraction of sp³-hybridized carbons (Fsp3) is 0. The quantitative estimate of drug-likeness (QED) is 0.153. The van der Waals surface area contributed by atoms with E-state index in [4.69, 9.17) is 0 Å². The van der Waals surface area contributed by atoms with Crippen LogP contribution in [-0.4, -0.2) is 9.97 Å². The fourth-order valence-corrected chi connectivity index (χ4v) is 9.62. The largest absolute Gasteiger partial charge is 0.236 e. The van der Waals surface area contributed by atoms with Crippen molar-refractivity contribution in [2.75, 3.05) is 0 Å². The molecule has 0 aliphatic carbocycles. The van der Waals surface area contributed by atoms with Crippen LogP contribution in [0.1, 0.15) is 0 Å². The van der Waals surface area contributed by atoms with Crippen LogP contribution in [0, 0.1) is 0 Å². The lowest BCUT2D eigenvalue weighted by atomic mass is 9.92. The van der Waals surface area contributed by atoms with E-state index in [1.807, 2.05) is 29.5 Å². The molecule has 0 fully saturated rings. The molecule has 0 atom stereocenters. The Morgan fingerprint density at radius 2 is 0.672 bits per heavy atom. The van der Waals surface area contributed by atoms with Gasteiger partial charge in [-0.1, -0.05) is 182 Å². The highest BCUT2D eigenvalue weighted by molar-refractivity contribution is 7.26. The van der Waals surface area contributed by atoms with E-state index < -0.39 is 0 Å². The van der Waals surface area contributed by atoms with E-state index in [9.17, 15) is 0 Å². The molecule has 0 aliphatic rings. The van der Waals surface area contributed by atoms with E-state index in [1.54, 1.807) is 6.33 Å². The summed E-state index contributed by atoms with van der Waals surface area (Å²) in [6.07, 6.45) is 1.66. The molecule has 11 rings (SSSR count). The maximum atomic E-state index is 4.68. The van der Waals surface area contributed by atoms with Gasteiger partial charge in [-0.25, -0.2) is 9.97 Å². The molecule has 0 amide bonds. The molecule has 0 aliphatic heterocycles. The molecule has 0 saturated carbocycles. The molecule has 2 heterocycles. The van der Waals surface area contributed by atoms with Crippen LogP contribution in [-0.2, 0) is 0 Å². The number of aromatic nitrogens is 2. The van der Waals surface area contributed by atoms with Gasteiger partial charge in [0.1, 0.15) is 6.33 Å². The predicted octanol–water partition coefficient (Wildman–Crippen LogP) is 16.2. The number of nitrogens with zero attached hydrogens (tertiary/aromatic N) is 2. The monoisotopic (exact) mass is 794 g/mol. The second-order valence-electron chi connectivity index (χ2n) is 15.4. The third-order valence-corrected chi connectivity index (χ3v) is 12.8. The molecule has 11 aromatic rings.